The third-order valence-electron chi connectivity index (χ3n) is 4.07. The molecular formula is C20H20F3NO8S. The summed E-state index contributed by atoms with van der Waals surface area (Å²) in [6.07, 6.45) is 2.51. The fraction of sp³-hybridized carbons (Fsp3) is 0.250. The Hall–Kier alpha value is -3.61. The lowest BCUT2D eigenvalue weighted by atomic mass is 10.1. The second-order valence-corrected chi connectivity index (χ2v) is 7.65. The molecule has 0 bridgehead atoms. The molecule has 2 rings (SSSR count). The molecule has 2 aromatic carbocycles. The van der Waals surface area contributed by atoms with Crippen molar-refractivity contribution in [2.45, 2.75) is 5.51 Å². The number of rotatable bonds is 9. The number of nitrogens with one attached hydrogen (secondary N) is 1. The predicted octanol–water partition coefficient (Wildman–Crippen LogP) is 3.60. The number of anilines is 1. The van der Waals surface area contributed by atoms with Gasteiger partial charge in [-0.05, 0) is 18.2 Å². The zero-order chi connectivity index (χ0) is 24.8. The molecule has 0 aliphatic carbocycles. The zero-order valence-electron chi connectivity index (χ0n) is 17.8. The van der Waals surface area contributed by atoms with Crippen molar-refractivity contribution in [1.29, 1.82) is 0 Å². The number of carbonyl (C=O) groups is 1. The van der Waals surface area contributed by atoms with Gasteiger partial charge >= 0.3 is 15.6 Å². The summed E-state index contributed by atoms with van der Waals surface area (Å²) in [6, 6.07) is 6.45. The van der Waals surface area contributed by atoms with Crippen molar-refractivity contribution in [2.75, 3.05) is 33.8 Å². The lowest BCUT2D eigenvalue weighted by molar-refractivity contribution is -0.111. The first-order valence-electron chi connectivity index (χ1n) is 8.93. The standard InChI is InChI=1S/C20H20F3NO8S/c1-28-13-10-16(30-3)14(17(11-13)31-4)6-8-19(25)24-12-5-7-15(29-2)18(9-12)32-33(26,27)20(21,22)23/h5-11H,1-4H3,(H,24,25). The van der Waals surface area contributed by atoms with Gasteiger partial charge in [-0.1, -0.05) is 0 Å². The second kappa shape index (κ2) is 10.3. The molecule has 2 aromatic rings. The normalized spacial score (nSPS) is 11.7. The van der Waals surface area contributed by atoms with E-state index in [0.717, 1.165) is 25.3 Å². The zero-order valence-corrected chi connectivity index (χ0v) is 18.7. The second-order valence-electron chi connectivity index (χ2n) is 6.12. The molecule has 0 fully saturated rings. The largest absolute Gasteiger partial charge is 0.534 e. The van der Waals surface area contributed by atoms with Gasteiger partial charge in [-0.15, -0.1) is 0 Å². The Morgan fingerprint density at radius 2 is 1.45 bits per heavy atom. The Morgan fingerprint density at radius 3 is 1.94 bits per heavy atom. The first-order chi connectivity index (χ1) is 15.4. The summed E-state index contributed by atoms with van der Waals surface area (Å²) in [4.78, 5) is 12.3. The number of benzene rings is 2. The molecule has 0 atom stereocenters. The summed E-state index contributed by atoms with van der Waals surface area (Å²) in [5.41, 5.74) is -5.27. The Morgan fingerprint density at radius 1 is 0.879 bits per heavy atom. The van der Waals surface area contributed by atoms with Gasteiger partial charge in [0.25, 0.3) is 0 Å². The summed E-state index contributed by atoms with van der Waals surface area (Å²) in [6.45, 7) is 0. The van der Waals surface area contributed by atoms with Crippen molar-refractivity contribution in [2.24, 2.45) is 0 Å². The third kappa shape index (κ3) is 6.22. The van der Waals surface area contributed by atoms with Gasteiger partial charge in [0.1, 0.15) is 17.2 Å². The minimum Gasteiger partial charge on any atom is -0.496 e. The maximum absolute atomic E-state index is 12.6. The lowest BCUT2D eigenvalue weighted by Crippen LogP contribution is -2.28. The van der Waals surface area contributed by atoms with Crippen molar-refractivity contribution in [3.8, 4) is 28.7 Å². The number of ether oxygens (including phenoxy) is 4. The molecule has 0 saturated heterocycles. The fourth-order valence-corrected chi connectivity index (χ4v) is 2.99. The van der Waals surface area contributed by atoms with E-state index in [-0.39, 0.29) is 11.4 Å². The van der Waals surface area contributed by atoms with Gasteiger partial charge in [-0.3, -0.25) is 4.79 Å². The number of methoxy groups -OCH3 is 4. The van der Waals surface area contributed by atoms with Gasteiger partial charge in [-0.2, -0.15) is 21.6 Å². The van der Waals surface area contributed by atoms with Gasteiger partial charge in [0, 0.05) is 30.0 Å². The SMILES string of the molecule is COc1cc(OC)c(C=CC(=O)Nc2ccc(OC)c(OS(=O)(=O)C(F)(F)F)c2)c(OC)c1. The smallest absolute Gasteiger partial charge is 0.496 e. The summed E-state index contributed by atoms with van der Waals surface area (Å²) in [5, 5.41) is 2.38. The maximum atomic E-state index is 12.6. The van der Waals surface area contributed by atoms with E-state index in [4.69, 9.17) is 18.9 Å². The van der Waals surface area contributed by atoms with Crippen LogP contribution in [0.25, 0.3) is 6.08 Å². The van der Waals surface area contributed by atoms with Crippen LogP contribution in [0, 0.1) is 0 Å². The van der Waals surface area contributed by atoms with Crippen LogP contribution in [-0.4, -0.2) is 48.3 Å². The Labute approximate surface area is 187 Å². The molecule has 0 unspecified atom stereocenters. The van der Waals surface area contributed by atoms with Crippen LogP contribution in [0.1, 0.15) is 5.56 Å². The molecule has 0 aliphatic rings. The van der Waals surface area contributed by atoms with Gasteiger partial charge in [0.2, 0.25) is 5.91 Å². The minimum absolute atomic E-state index is 0.0496. The molecule has 0 heterocycles. The van der Waals surface area contributed by atoms with Gasteiger partial charge in [0.05, 0.1) is 34.0 Å². The van der Waals surface area contributed by atoms with Gasteiger partial charge in [-0.25, -0.2) is 0 Å². The van der Waals surface area contributed by atoms with Gasteiger partial charge in [0.15, 0.2) is 11.5 Å². The Bertz CT molecular complexity index is 1120. The fourth-order valence-electron chi connectivity index (χ4n) is 2.52. The summed E-state index contributed by atoms with van der Waals surface area (Å²) in [5.74, 6) is -0.561. The number of amides is 1. The lowest BCUT2D eigenvalue weighted by Gasteiger charge is -2.14. The van der Waals surface area contributed by atoms with E-state index in [1.165, 1.54) is 33.5 Å². The van der Waals surface area contributed by atoms with Crippen LogP contribution >= 0.6 is 0 Å². The van der Waals surface area contributed by atoms with Crippen LogP contribution in [0.2, 0.25) is 0 Å². The number of carbonyl (C=O) groups excluding carboxylic acids is 1. The Kier molecular flexibility index (Phi) is 8.03. The highest BCUT2D eigenvalue weighted by Gasteiger charge is 2.49. The van der Waals surface area contributed by atoms with Crippen molar-refractivity contribution in [3.63, 3.8) is 0 Å². The number of halogens is 3. The van der Waals surface area contributed by atoms with E-state index in [0.29, 0.717) is 22.8 Å². The highest BCUT2D eigenvalue weighted by molar-refractivity contribution is 7.88. The average Bonchev–Trinajstić information content (AvgIpc) is 2.76. The molecule has 33 heavy (non-hydrogen) atoms. The molecule has 0 saturated carbocycles. The minimum atomic E-state index is -5.94. The molecule has 9 nitrogen and oxygen atoms in total. The summed E-state index contributed by atoms with van der Waals surface area (Å²) < 4.78 is 85.2. The molecule has 1 amide bonds. The van der Waals surface area contributed by atoms with Crippen molar-refractivity contribution >= 4 is 27.8 Å². The van der Waals surface area contributed by atoms with E-state index >= 15 is 0 Å². The van der Waals surface area contributed by atoms with Crippen molar-refractivity contribution in [3.05, 3.63) is 42.0 Å². The first-order valence-corrected chi connectivity index (χ1v) is 10.3. The Balaban J connectivity index is 2.29. The molecule has 0 aliphatic heterocycles. The van der Waals surface area contributed by atoms with Crippen molar-refractivity contribution in [1.82, 2.24) is 0 Å². The van der Waals surface area contributed by atoms with Crippen LogP contribution in [0.3, 0.4) is 0 Å². The first kappa shape index (κ1) is 25.6. The van der Waals surface area contributed by atoms with E-state index in [1.807, 2.05) is 0 Å². The van der Waals surface area contributed by atoms with E-state index in [2.05, 4.69) is 9.50 Å². The molecule has 180 valence electrons. The van der Waals surface area contributed by atoms with Crippen LogP contribution < -0.4 is 28.4 Å². The number of alkyl halides is 3. The molecule has 0 aromatic heterocycles. The number of hydrogen-bond acceptors (Lipinski definition) is 8. The van der Waals surface area contributed by atoms with Gasteiger partial charge < -0.3 is 28.4 Å². The van der Waals surface area contributed by atoms with Crippen LogP contribution in [0.15, 0.2) is 36.4 Å². The van der Waals surface area contributed by atoms with E-state index in [1.54, 1.807) is 12.1 Å². The van der Waals surface area contributed by atoms with Crippen LogP contribution in [0.5, 0.6) is 28.7 Å². The van der Waals surface area contributed by atoms with E-state index in [9.17, 15) is 26.4 Å². The average molecular weight is 491 g/mol. The molecule has 13 heteroatoms. The van der Waals surface area contributed by atoms with Crippen LogP contribution in [0.4, 0.5) is 18.9 Å². The monoisotopic (exact) mass is 491 g/mol. The quantitative estimate of drug-likeness (QED) is 0.322. The molecule has 0 radical (unpaired) electrons. The number of hydrogen-bond donors (Lipinski definition) is 1. The summed E-state index contributed by atoms with van der Waals surface area (Å²) in [7, 11) is -0.536. The predicted molar refractivity (Wildman–Crippen MR) is 112 cm³/mol. The van der Waals surface area contributed by atoms with Crippen molar-refractivity contribution < 1.29 is 49.5 Å². The van der Waals surface area contributed by atoms with E-state index < -0.39 is 27.3 Å². The van der Waals surface area contributed by atoms with Crippen LogP contribution in [-0.2, 0) is 14.9 Å². The molecular weight excluding hydrogens is 471 g/mol. The highest BCUT2D eigenvalue weighted by Crippen LogP contribution is 2.36. The highest BCUT2D eigenvalue weighted by atomic mass is 32.2. The molecule has 0 spiro atoms. The third-order valence-corrected chi connectivity index (χ3v) is 5.03. The maximum Gasteiger partial charge on any atom is 0.534 e. The molecule has 1 N–H and O–H groups in total. The summed E-state index contributed by atoms with van der Waals surface area (Å²) >= 11 is 0. The topological polar surface area (TPSA) is 109 Å².